The summed E-state index contributed by atoms with van der Waals surface area (Å²) in [6, 6.07) is 27.0. The van der Waals surface area contributed by atoms with Crippen molar-refractivity contribution in [3.63, 3.8) is 0 Å². The molecule has 0 unspecified atom stereocenters. The fourth-order valence-corrected chi connectivity index (χ4v) is 6.22. The van der Waals surface area contributed by atoms with Crippen LogP contribution in [-0.4, -0.2) is 10.7 Å². The topological polar surface area (TPSA) is 7.76 Å². The average molecular weight is 723 g/mol. The van der Waals surface area contributed by atoms with Gasteiger partial charge in [-0.15, -0.1) is 0 Å². The van der Waals surface area contributed by atoms with Crippen LogP contribution in [0.2, 0.25) is 0 Å². The van der Waals surface area contributed by atoms with Gasteiger partial charge in [0.2, 0.25) is 0 Å². The summed E-state index contributed by atoms with van der Waals surface area (Å²) in [5.74, 6) is 0. The zero-order valence-electron chi connectivity index (χ0n) is 27.2. The van der Waals surface area contributed by atoms with Crippen LogP contribution < -0.4 is 9.13 Å². The Kier molecular flexibility index (Phi) is 18.3. The molecular weight excluding hydrogens is 668 g/mol. The molecule has 2 nitrogen and oxygen atoms in total. The second kappa shape index (κ2) is 22.2. The standard InChI is InChI=1S/C26H34N2.C14H20Br2/c1-23-9-7-19-27(21-23)17-5-3-11-25-13-15-26(16-14-25)12-4-6-18-28-20-8-10-24(2)22-28;15-11-3-1-5-13-7-9-14(10-8-13)6-2-4-12-16/h7-10,13-16,19-22H,3-6,11-12,17-18H2,1-2H3;7-10H,1-6,11-12H2/q+2;. The molecule has 2 heterocycles. The van der Waals surface area contributed by atoms with Crippen molar-refractivity contribution in [1.29, 1.82) is 0 Å². The number of nitrogens with zero attached hydrogens (tertiary/aromatic N) is 2. The zero-order chi connectivity index (χ0) is 31.2. The van der Waals surface area contributed by atoms with Crippen LogP contribution in [0.4, 0.5) is 0 Å². The fraction of sp³-hybridized carbons (Fsp3) is 0.450. The number of benzene rings is 2. The van der Waals surface area contributed by atoms with Crippen molar-refractivity contribution >= 4 is 31.9 Å². The lowest BCUT2D eigenvalue weighted by atomic mass is 10.0. The van der Waals surface area contributed by atoms with E-state index in [2.05, 4.69) is 152 Å². The molecule has 4 heteroatoms. The Bertz CT molecular complexity index is 1200. The first-order valence-corrected chi connectivity index (χ1v) is 19.0. The minimum atomic E-state index is 1.11. The lowest BCUT2D eigenvalue weighted by molar-refractivity contribution is -0.697. The molecule has 0 spiro atoms. The largest absolute Gasteiger partial charge is 0.205 e. The van der Waals surface area contributed by atoms with Crippen LogP contribution in [0.25, 0.3) is 0 Å². The van der Waals surface area contributed by atoms with E-state index < -0.39 is 0 Å². The number of rotatable bonds is 18. The first-order valence-electron chi connectivity index (χ1n) is 16.7. The van der Waals surface area contributed by atoms with Gasteiger partial charge in [-0.3, -0.25) is 0 Å². The highest BCUT2D eigenvalue weighted by Gasteiger charge is 2.03. The number of aryl methyl sites for hydroxylation is 8. The van der Waals surface area contributed by atoms with Crippen LogP contribution in [0.5, 0.6) is 0 Å². The predicted molar refractivity (Wildman–Crippen MR) is 195 cm³/mol. The smallest absolute Gasteiger partial charge is 0.171 e. The van der Waals surface area contributed by atoms with Crippen LogP contribution in [0.1, 0.15) is 84.7 Å². The Hall–Kier alpha value is -2.30. The van der Waals surface area contributed by atoms with E-state index in [1.807, 2.05) is 0 Å². The van der Waals surface area contributed by atoms with Crippen LogP contribution in [0, 0.1) is 13.8 Å². The maximum Gasteiger partial charge on any atom is 0.171 e. The van der Waals surface area contributed by atoms with Crippen LogP contribution in [0.15, 0.2) is 97.6 Å². The van der Waals surface area contributed by atoms with Gasteiger partial charge in [0.25, 0.3) is 0 Å². The first kappa shape index (κ1) is 36.2. The second-order valence-electron chi connectivity index (χ2n) is 12.1. The minimum absolute atomic E-state index is 1.11. The fourth-order valence-electron chi connectivity index (χ4n) is 5.42. The van der Waals surface area contributed by atoms with E-state index in [9.17, 15) is 0 Å². The molecule has 0 fully saturated rings. The van der Waals surface area contributed by atoms with Crippen molar-refractivity contribution < 1.29 is 9.13 Å². The number of hydrogen-bond donors (Lipinski definition) is 0. The van der Waals surface area contributed by atoms with Crippen LogP contribution in [-0.2, 0) is 38.8 Å². The third-order valence-corrected chi connectivity index (χ3v) is 9.14. The van der Waals surface area contributed by atoms with Gasteiger partial charge < -0.3 is 0 Å². The van der Waals surface area contributed by atoms with Crippen molar-refractivity contribution in [2.45, 2.75) is 104 Å². The Morgan fingerprint density at radius 2 is 0.750 bits per heavy atom. The quantitative estimate of drug-likeness (QED) is 0.0549. The molecule has 0 amide bonds. The van der Waals surface area contributed by atoms with Crippen LogP contribution in [0.3, 0.4) is 0 Å². The Morgan fingerprint density at radius 1 is 0.432 bits per heavy atom. The molecule has 2 aromatic carbocycles. The summed E-state index contributed by atoms with van der Waals surface area (Å²) in [6.45, 7) is 6.52. The third-order valence-electron chi connectivity index (χ3n) is 8.02. The summed E-state index contributed by atoms with van der Waals surface area (Å²) in [7, 11) is 0. The minimum Gasteiger partial charge on any atom is -0.205 e. The summed E-state index contributed by atoms with van der Waals surface area (Å²) in [5, 5.41) is 2.25. The highest BCUT2D eigenvalue weighted by molar-refractivity contribution is 9.09. The van der Waals surface area contributed by atoms with Gasteiger partial charge in [-0.2, -0.15) is 0 Å². The van der Waals surface area contributed by atoms with Gasteiger partial charge in [0.05, 0.1) is 0 Å². The third kappa shape index (κ3) is 15.6. The number of pyridine rings is 2. The van der Waals surface area contributed by atoms with Gasteiger partial charge in [-0.1, -0.05) is 80.4 Å². The summed E-state index contributed by atoms with van der Waals surface area (Å²) in [5.41, 5.74) is 8.54. The zero-order valence-corrected chi connectivity index (χ0v) is 30.4. The summed E-state index contributed by atoms with van der Waals surface area (Å²) in [6.07, 6.45) is 23.6. The van der Waals surface area contributed by atoms with Crippen molar-refractivity contribution in [3.8, 4) is 0 Å². The molecule has 4 aromatic rings. The molecule has 0 N–H and O–H groups in total. The second-order valence-corrected chi connectivity index (χ2v) is 13.7. The predicted octanol–water partition coefficient (Wildman–Crippen LogP) is 10.0. The summed E-state index contributed by atoms with van der Waals surface area (Å²) >= 11 is 6.93. The summed E-state index contributed by atoms with van der Waals surface area (Å²) in [4.78, 5) is 0. The van der Waals surface area contributed by atoms with Gasteiger partial charge >= 0.3 is 0 Å². The highest BCUT2D eigenvalue weighted by atomic mass is 79.9. The molecule has 0 atom stereocenters. The number of hydrogen-bond acceptors (Lipinski definition) is 0. The van der Waals surface area contributed by atoms with Crippen molar-refractivity contribution in [3.05, 3.63) is 131 Å². The molecule has 4 rings (SSSR count). The molecule has 0 bridgehead atoms. The highest BCUT2D eigenvalue weighted by Crippen LogP contribution is 2.12. The van der Waals surface area contributed by atoms with Gasteiger partial charge in [0.15, 0.2) is 24.8 Å². The summed E-state index contributed by atoms with van der Waals surface area (Å²) < 4.78 is 4.60. The Labute approximate surface area is 285 Å². The molecule has 236 valence electrons. The van der Waals surface area contributed by atoms with E-state index in [0.29, 0.717) is 0 Å². The van der Waals surface area contributed by atoms with Crippen molar-refractivity contribution in [2.75, 3.05) is 10.7 Å². The maximum absolute atomic E-state index is 3.47. The number of aromatic nitrogens is 2. The van der Waals surface area contributed by atoms with Gasteiger partial charge in [0, 0.05) is 46.8 Å². The average Bonchev–Trinajstić information content (AvgIpc) is 3.03. The Morgan fingerprint density at radius 3 is 1.05 bits per heavy atom. The lowest BCUT2D eigenvalue weighted by Crippen LogP contribution is -2.32. The van der Waals surface area contributed by atoms with Crippen LogP contribution >= 0.6 is 31.9 Å². The molecule has 44 heavy (non-hydrogen) atoms. The van der Waals surface area contributed by atoms with Gasteiger partial charge in [-0.25, -0.2) is 9.13 Å². The molecule has 0 radical (unpaired) electrons. The van der Waals surface area contributed by atoms with E-state index in [1.165, 1.54) is 110 Å². The molecule has 0 aliphatic heterocycles. The SMILES string of the molecule is BrCCCCc1ccc(CCCCBr)cc1.Cc1ccc[n+](CCCCc2ccc(CCCC[n+]3cccc(C)c3)cc2)c1. The van der Waals surface area contributed by atoms with E-state index >= 15 is 0 Å². The van der Waals surface area contributed by atoms with E-state index in [-0.39, 0.29) is 0 Å². The van der Waals surface area contributed by atoms with E-state index in [1.54, 1.807) is 0 Å². The van der Waals surface area contributed by atoms with Crippen molar-refractivity contribution in [1.82, 2.24) is 0 Å². The number of unbranched alkanes of at least 4 members (excludes halogenated alkanes) is 4. The lowest BCUT2D eigenvalue weighted by Gasteiger charge is -2.04. The number of alkyl halides is 2. The molecule has 2 aromatic heterocycles. The number of halogens is 2. The first-order chi connectivity index (χ1) is 21.6. The molecule has 0 saturated heterocycles. The normalized spacial score (nSPS) is 10.8. The van der Waals surface area contributed by atoms with Gasteiger partial charge in [-0.05, 0) is 112 Å². The van der Waals surface area contributed by atoms with Crippen molar-refractivity contribution in [2.24, 2.45) is 0 Å². The Balaban J connectivity index is 0.000000281. The van der Waals surface area contributed by atoms with E-state index in [0.717, 1.165) is 23.7 Å². The van der Waals surface area contributed by atoms with E-state index in [4.69, 9.17) is 0 Å². The molecular formula is C40H54Br2N2+2. The monoisotopic (exact) mass is 720 g/mol. The molecule has 0 saturated carbocycles. The van der Waals surface area contributed by atoms with Gasteiger partial charge in [0.1, 0.15) is 13.1 Å². The molecule has 0 aliphatic carbocycles. The maximum atomic E-state index is 3.47. The molecule has 0 aliphatic rings.